The number of nitrogens with one attached hydrogen (secondary N) is 1. The van der Waals surface area contributed by atoms with Gasteiger partial charge < -0.3 is 10.1 Å². The highest BCUT2D eigenvalue weighted by Crippen LogP contribution is 2.33. The average molecular weight is 312 g/mol. The van der Waals surface area contributed by atoms with Crippen molar-refractivity contribution in [3.8, 4) is 11.5 Å². The van der Waals surface area contributed by atoms with Crippen molar-refractivity contribution in [1.82, 2.24) is 5.32 Å². The van der Waals surface area contributed by atoms with Gasteiger partial charge in [0.25, 0.3) is 0 Å². The Morgan fingerprint density at radius 3 is 2.62 bits per heavy atom. The van der Waals surface area contributed by atoms with E-state index in [-0.39, 0.29) is 17.5 Å². The molecule has 0 aliphatic rings. The number of ether oxygens (including phenoxy) is 1. The summed E-state index contributed by atoms with van der Waals surface area (Å²) in [6.07, 6.45) is 0. The summed E-state index contributed by atoms with van der Waals surface area (Å²) in [4.78, 5) is 0. The molecule has 0 aliphatic heterocycles. The largest absolute Gasteiger partial charge is 0.453 e. The molecule has 112 valence electrons. The molecule has 0 spiro atoms. The van der Waals surface area contributed by atoms with Crippen LogP contribution >= 0.6 is 11.6 Å². The zero-order chi connectivity index (χ0) is 15.4. The minimum absolute atomic E-state index is 0.146. The Bertz CT molecular complexity index is 634. The van der Waals surface area contributed by atoms with Crippen LogP contribution in [0.15, 0.2) is 36.4 Å². The van der Waals surface area contributed by atoms with E-state index in [2.05, 4.69) is 5.32 Å². The van der Waals surface area contributed by atoms with Gasteiger partial charge in [0, 0.05) is 6.04 Å². The van der Waals surface area contributed by atoms with Gasteiger partial charge in [0.15, 0.2) is 11.6 Å². The second kappa shape index (κ2) is 6.87. The van der Waals surface area contributed by atoms with E-state index in [9.17, 15) is 8.78 Å². The van der Waals surface area contributed by atoms with Gasteiger partial charge in [-0.3, -0.25) is 0 Å². The SMILES string of the molecule is CCNC(C)c1ccc(Oc2cccc(F)c2F)c(Cl)c1. The minimum atomic E-state index is -1.03. The van der Waals surface area contributed by atoms with Crippen molar-refractivity contribution >= 4 is 11.6 Å². The van der Waals surface area contributed by atoms with Gasteiger partial charge in [0.1, 0.15) is 5.75 Å². The molecule has 0 radical (unpaired) electrons. The first-order valence-corrected chi connectivity index (χ1v) is 7.05. The van der Waals surface area contributed by atoms with Crippen molar-refractivity contribution in [2.45, 2.75) is 19.9 Å². The molecule has 0 amide bonds. The van der Waals surface area contributed by atoms with Crippen molar-refractivity contribution < 1.29 is 13.5 Å². The summed E-state index contributed by atoms with van der Waals surface area (Å²) in [6, 6.07) is 9.15. The highest BCUT2D eigenvalue weighted by Gasteiger charge is 2.13. The zero-order valence-corrected chi connectivity index (χ0v) is 12.5. The summed E-state index contributed by atoms with van der Waals surface area (Å²) in [5.74, 6) is -1.89. The Hall–Kier alpha value is -1.65. The summed E-state index contributed by atoms with van der Waals surface area (Å²) in [5.41, 5.74) is 0.994. The number of rotatable bonds is 5. The van der Waals surface area contributed by atoms with Gasteiger partial charge in [0.2, 0.25) is 5.82 Å². The fourth-order valence-corrected chi connectivity index (χ4v) is 2.20. The summed E-state index contributed by atoms with van der Waals surface area (Å²) in [6.45, 7) is 4.87. The van der Waals surface area contributed by atoms with Crippen LogP contribution in [0.3, 0.4) is 0 Å². The van der Waals surface area contributed by atoms with E-state index in [0.717, 1.165) is 18.2 Å². The van der Waals surface area contributed by atoms with Gasteiger partial charge in [0.05, 0.1) is 5.02 Å². The molecule has 0 heterocycles. The van der Waals surface area contributed by atoms with Crippen LogP contribution in [-0.4, -0.2) is 6.54 Å². The first-order valence-electron chi connectivity index (χ1n) is 6.67. The molecule has 0 aromatic heterocycles. The van der Waals surface area contributed by atoms with E-state index in [4.69, 9.17) is 16.3 Å². The molecule has 2 rings (SSSR count). The van der Waals surface area contributed by atoms with E-state index in [1.807, 2.05) is 19.9 Å². The molecule has 5 heteroatoms. The first kappa shape index (κ1) is 15.7. The highest BCUT2D eigenvalue weighted by atomic mass is 35.5. The third kappa shape index (κ3) is 3.71. The number of benzene rings is 2. The maximum absolute atomic E-state index is 13.6. The van der Waals surface area contributed by atoms with E-state index < -0.39 is 11.6 Å². The van der Waals surface area contributed by atoms with E-state index in [0.29, 0.717) is 5.02 Å². The Labute approximate surface area is 127 Å². The van der Waals surface area contributed by atoms with Crippen LogP contribution in [-0.2, 0) is 0 Å². The van der Waals surface area contributed by atoms with Gasteiger partial charge in [-0.1, -0.05) is 30.7 Å². The molecule has 0 bridgehead atoms. The second-order valence-electron chi connectivity index (χ2n) is 4.62. The summed E-state index contributed by atoms with van der Waals surface area (Å²) < 4.78 is 32.1. The Morgan fingerprint density at radius 1 is 1.19 bits per heavy atom. The molecule has 0 fully saturated rings. The lowest BCUT2D eigenvalue weighted by Crippen LogP contribution is -2.17. The van der Waals surface area contributed by atoms with Crippen molar-refractivity contribution in [3.05, 3.63) is 58.6 Å². The van der Waals surface area contributed by atoms with Crippen molar-refractivity contribution in [2.75, 3.05) is 6.54 Å². The molecule has 2 nitrogen and oxygen atoms in total. The minimum Gasteiger partial charge on any atom is -0.453 e. The van der Waals surface area contributed by atoms with Crippen LogP contribution in [0.4, 0.5) is 8.78 Å². The molecule has 21 heavy (non-hydrogen) atoms. The number of halogens is 3. The van der Waals surface area contributed by atoms with Crippen LogP contribution in [0.2, 0.25) is 5.02 Å². The lowest BCUT2D eigenvalue weighted by molar-refractivity contribution is 0.416. The van der Waals surface area contributed by atoms with Gasteiger partial charge in [-0.15, -0.1) is 0 Å². The fraction of sp³-hybridized carbons (Fsp3) is 0.250. The van der Waals surface area contributed by atoms with E-state index in [1.165, 1.54) is 12.1 Å². The third-order valence-electron chi connectivity index (χ3n) is 3.10. The van der Waals surface area contributed by atoms with Crippen molar-refractivity contribution in [3.63, 3.8) is 0 Å². The maximum atomic E-state index is 13.6. The third-order valence-corrected chi connectivity index (χ3v) is 3.40. The molecule has 1 atom stereocenters. The molecular weight excluding hydrogens is 296 g/mol. The monoisotopic (exact) mass is 311 g/mol. The molecule has 0 saturated carbocycles. The van der Waals surface area contributed by atoms with Crippen LogP contribution < -0.4 is 10.1 Å². The van der Waals surface area contributed by atoms with Crippen molar-refractivity contribution in [2.24, 2.45) is 0 Å². The maximum Gasteiger partial charge on any atom is 0.201 e. The quantitative estimate of drug-likeness (QED) is 0.831. The van der Waals surface area contributed by atoms with Gasteiger partial charge in [-0.05, 0) is 43.3 Å². The standard InChI is InChI=1S/C16H16ClF2NO/c1-3-20-10(2)11-7-8-14(12(17)9-11)21-15-6-4-5-13(18)16(15)19/h4-10,20H,3H2,1-2H3. The average Bonchev–Trinajstić information content (AvgIpc) is 2.46. The first-order chi connectivity index (χ1) is 10.0. The van der Waals surface area contributed by atoms with Crippen LogP contribution in [0.5, 0.6) is 11.5 Å². The Morgan fingerprint density at radius 2 is 1.95 bits per heavy atom. The van der Waals surface area contributed by atoms with Gasteiger partial charge in [-0.2, -0.15) is 4.39 Å². The number of hydrogen-bond donors (Lipinski definition) is 1. The second-order valence-corrected chi connectivity index (χ2v) is 5.03. The molecule has 0 aliphatic carbocycles. The fourth-order valence-electron chi connectivity index (χ4n) is 1.97. The summed E-state index contributed by atoms with van der Waals surface area (Å²) in [5, 5.41) is 3.61. The zero-order valence-electron chi connectivity index (χ0n) is 11.8. The Kier molecular flexibility index (Phi) is 5.15. The summed E-state index contributed by atoms with van der Waals surface area (Å²) >= 11 is 6.15. The van der Waals surface area contributed by atoms with E-state index >= 15 is 0 Å². The molecule has 1 unspecified atom stereocenters. The lowest BCUT2D eigenvalue weighted by atomic mass is 10.1. The van der Waals surface area contributed by atoms with Gasteiger partial charge >= 0.3 is 0 Å². The molecule has 2 aromatic rings. The highest BCUT2D eigenvalue weighted by molar-refractivity contribution is 6.32. The van der Waals surface area contributed by atoms with Crippen LogP contribution in [0, 0.1) is 11.6 Å². The Balaban J connectivity index is 2.23. The molecule has 2 aromatic carbocycles. The molecule has 1 N–H and O–H groups in total. The van der Waals surface area contributed by atoms with Crippen molar-refractivity contribution in [1.29, 1.82) is 0 Å². The number of hydrogen-bond acceptors (Lipinski definition) is 2. The van der Waals surface area contributed by atoms with Crippen LogP contribution in [0.25, 0.3) is 0 Å². The van der Waals surface area contributed by atoms with Crippen LogP contribution in [0.1, 0.15) is 25.5 Å². The predicted molar refractivity (Wildman–Crippen MR) is 80.0 cm³/mol. The topological polar surface area (TPSA) is 21.3 Å². The smallest absolute Gasteiger partial charge is 0.201 e. The lowest BCUT2D eigenvalue weighted by Gasteiger charge is -2.15. The predicted octanol–water partition coefficient (Wildman–Crippen LogP) is 5.08. The molecular formula is C16H16ClF2NO. The van der Waals surface area contributed by atoms with E-state index in [1.54, 1.807) is 12.1 Å². The molecule has 0 saturated heterocycles. The van der Waals surface area contributed by atoms with Gasteiger partial charge in [-0.25, -0.2) is 4.39 Å². The normalized spacial score (nSPS) is 12.2. The summed E-state index contributed by atoms with van der Waals surface area (Å²) in [7, 11) is 0.